The van der Waals surface area contributed by atoms with Crippen molar-refractivity contribution in [1.82, 2.24) is 20.9 Å². The van der Waals surface area contributed by atoms with Gasteiger partial charge in [0, 0.05) is 56.8 Å². The van der Waals surface area contributed by atoms with Crippen LogP contribution >= 0.6 is 0 Å². The first-order valence-electron chi connectivity index (χ1n) is 21.9. The van der Waals surface area contributed by atoms with E-state index in [4.69, 9.17) is 28.4 Å². The lowest BCUT2D eigenvalue weighted by molar-refractivity contribution is -0.131. The first kappa shape index (κ1) is 49.6. The molecule has 2 heterocycles. The minimum absolute atomic E-state index is 0.0719. The zero-order chi connectivity index (χ0) is 46.4. The van der Waals surface area contributed by atoms with E-state index in [-0.39, 0.29) is 61.8 Å². The maximum Gasteiger partial charge on any atom is 0.407 e. The Morgan fingerprint density at radius 1 is 0.708 bits per heavy atom. The number of carbonyl (C=O) groups is 7. The Hall–Kier alpha value is -6.37. The molecular formula is C47H59N5O13. The molecule has 1 fully saturated rings. The summed E-state index contributed by atoms with van der Waals surface area (Å²) < 4.78 is 32.6. The summed E-state index contributed by atoms with van der Waals surface area (Å²) in [7, 11) is 3.23. The Morgan fingerprint density at radius 2 is 1.37 bits per heavy atom. The molecule has 5 rings (SSSR count). The Kier molecular flexibility index (Phi) is 20.2. The highest BCUT2D eigenvalue weighted by Crippen LogP contribution is 2.31. The van der Waals surface area contributed by atoms with Gasteiger partial charge in [0.15, 0.2) is 11.5 Å². The number of rotatable bonds is 27. The Balaban J connectivity index is 0.815. The maximum absolute atomic E-state index is 13.3. The van der Waals surface area contributed by atoms with Crippen LogP contribution in [0.4, 0.5) is 10.5 Å². The van der Waals surface area contributed by atoms with Crippen molar-refractivity contribution in [2.75, 3.05) is 72.3 Å². The lowest BCUT2D eigenvalue weighted by atomic mass is 10.0. The second-order valence-electron chi connectivity index (χ2n) is 15.3. The molecule has 2 aliphatic heterocycles. The number of amides is 7. The molecule has 7 amide bonds. The molecule has 0 aliphatic carbocycles. The first-order valence-corrected chi connectivity index (χ1v) is 21.9. The monoisotopic (exact) mass is 901 g/mol. The van der Waals surface area contributed by atoms with Crippen LogP contribution in [0.1, 0.15) is 88.8 Å². The molecule has 3 aromatic carbocycles. The standard InChI is InChI=1S/C47H59N5O13/c1-60-38-18-17-33(30-39(38)61-2)10-3-9-32-11-4-13-35(29-32)50-42(55)20-19-40(53)48-21-7-23-62-25-27-64-28-26-63-24-8-22-49-47(59)65-31-34-12-5-14-36-43(34)46(58)52(45(36)57)37-15-6-16-41(54)51-44(37)56/h4-5,11-14,17-18,29-30,37H,3,6-10,15-16,19-28,31H2,1-2H3,(H,48,53)(H,49,59)(H,50,55)(H,51,54,56)/t37-/m0/s1. The van der Waals surface area contributed by atoms with E-state index in [0.717, 1.165) is 35.3 Å². The Labute approximate surface area is 378 Å². The van der Waals surface area contributed by atoms with Crippen molar-refractivity contribution in [2.24, 2.45) is 0 Å². The van der Waals surface area contributed by atoms with Crippen molar-refractivity contribution in [1.29, 1.82) is 0 Å². The molecule has 0 aromatic heterocycles. The fourth-order valence-corrected chi connectivity index (χ4v) is 7.27. The average Bonchev–Trinajstić information content (AvgIpc) is 3.43. The molecular weight excluding hydrogens is 843 g/mol. The van der Waals surface area contributed by atoms with E-state index < -0.39 is 35.8 Å². The molecule has 1 atom stereocenters. The van der Waals surface area contributed by atoms with Gasteiger partial charge in [-0.2, -0.15) is 0 Å². The molecule has 2 aliphatic rings. The van der Waals surface area contributed by atoms with Gasteiger partial charge in [0.25, 0.3) is 11.8 Å². The molecule has 18 nitrogen and oxygen atoms in total. The van der Waals surface area contributed by atoms with E-state index in [2.05, 4.69) is 21.3 Å². The number of ether oxygens (including phenoxy) is 6. The average molecular weight is 902 g/mol. The van der Waals surface area contributed by atoms with Gasteiger partial charge in [-0.3, -0.25) is 39.0 Å². The molecule has 0 saturated carbocycles. The number of benzene rings is 3. The van der Waals surface area contributed by atoms with Crippen molar-refractivity contribution in [3.05, 3.63) is 88.5 Å². The predicted octanol–water partition coefficient (Wildman–Crippen LogP) is 4.26. The van der Waals surface area contributed by atoms with Gasteiger partial charge in [-0.25, -0.2) is 4.79 Å². The van der Waals surface area contributed by atoms with E-state index in [1.165, 1.54) is 6.07 Å². The molecule has 3 aromatic rings. The van der Waals surface area contributed by atoms with Gasteiger partial charge in [0.05, 0.1) is 51.8 Å². The molecule has 0 unspecified atom stereocenters. The van der Waals surface area contributed by atoms with Gasteiger partial charge in [-0.05, 0) is 86.4 Å². The summed E-state index contributed by atoms with van der Waals surface area (Å²) in [4.78, 5) is 88.7. The zero-order valence-corrected chi connectivity index (χ0v) is 37.0. The van der Waals surface area contributed by atoms with Crippen LogP contribution in [0.5, 0.6) is 11.5 Å². The van der Waals surface area contributed by atoms with Gasteiger partial charge in [-0.1, -0.05) is 30.3 Å². The van der Waals surface area contributed by atoms with Crippen LogP contribution in [0.2, 0.25) is 0 Å². The Morgan fingerprint density at radius 3 is 2.09 bits per heavy atom. The zero-order valence-electron chi connectivity index (χ0n) is 37.0. The lowest BCUT2D eigenvalue weighted by Crippen LogP contribution is -2.49. The fourth-order valence-electron chi connectivity index (χ4n) is 7.27. The normalized spacial score (nSPS) is 14.6. The smallest absolute Gasteiger partial charge is 0.407 e. The molecule has 0 spiro atoms. The quantitative estimate of drug-likeness (QED) is 0.0621. The number of methoxy groups -OCH3 is 2. The third-order valence-corrected chi connectivity index (χ3v) is 10.6. The summed E-state index contributed by atoms with van der Waals surface area (Å²) in [6.07, 6.45) is 3.86. The summed E-state index contributed by atoms with van der Waals surface area (Å²) in [6, 6.07) is 17.2. The number of fused-ring (bicyclic) bond motifs is 1. The van der Waals surface area contributed by atoms with Gasteiger partial charge in [-0.15, -0.1) is 0 Å². The van der Waals surface area contributed by atoms with Crippen LogP contribution in [0.25, 0.3) is 0 Å². The minimum Gasteiger partial charge on any atom is -0.493 e. The minimum atomic E-state index is -1.10. The maximum atomic E-state index is 13.3. The second-order valence-corrected chi connectivity index (χ2v) is 15.3. The second kappa shape index (κ2) is 26.4. The largest absolute Gasteiger partial charge is 0.493 e. The molecule has 65 heavy (non-hydrogen) atoms. The van der Waals surface area contributed by atoms with E-state index >= 15 is 0 Å². The van der Waals surface area contributed by atoms with Crippen LogP contribution < -0.4 is 30.7 Å². The van der Waals surface area contributed by atoms with Crippen LogP contribution in [0.15, 0.2) is 60.7 Å². The van der Waals surface area contributed by atoms with Crippen LogP contribution in [0, 0.1) is 0 Å². The summed E-state index contributed by atoms with van der Waals surface area (Å²) >= 11 is 0. The van der Waals surface area contributed by atoms with E-state index in [1.54, 1.807) is 26.4 Å². The van der Waals surface area contributed by atoms with Gasteiger partial charge >= 0.3 is 6.09 Å². The number of hydrogen-bond acceptors (Lipinski definition) is 13. The highest BCUT2D eigenvalue weighted by molar-refractivity contribution is 6.23. The number of nitrogens with one attached hydrogen (secondary N) is 4. The van der Waals surface area contributed by atoms with Crippen molar-refractivity contribution < 1.29 is 62.0 Å². The number of imide groups is 2. The first-order chi connectivity index (χ1) is 31.6. The van der Waals surface area contributed by atoms with Crippen LogP contribution in [-0.2, 0) is 57.6 Å². The highest BCUT2D eigenvalue weighted by atomic mass is 16.6. The van der Waals surface area contributed by atoms with Crippen LogP contribution in [0.3, 0.4) is 0 Å². The van der Waals surface area contributed by atoms with Crippen molar-refractivity contribution in [2.45, 2.75) is 76.9 Å². The topological polar surface area (TPSA) is 226 Å². The van der Waals surface area contributed by atoms with Crippen LogP contribution in [-0.4, -0.2) is 119 Å². The summed E-state index contributed by atoms with van der Waals surface area (Å²) in [5.74, 6) is -1.47. The van der Waals surface area contributed by atoms with E-state index in [0.29, 0.717) is 88.2 Å². The molecule has 4 N–H and O–H groups in total. The van der Waals surface area contributed by atoms with Crippen molar-refractivity contribution in [3.8, 4) is 11.5 Å². The third kappa shape index (κ3) is 15.7. The SMILES string of the molecule is COc1ccc(CCCc2cccc(NC(=O)CCC(=O)NCCCOCCOCCOCCCNC(=O)OCc3cccc4c3C(=O)N([C@H]3CCCC(=O)NC3=O)C4=O)c2)cc1OC. The van der Waals surface area contributed by atoms with Crippen molar-refractivity contribution in [3.63, 3.8) is 0 Å². The van der Waals surface area contributed by atoms with Gasteiger partial charge in [0.2, 0.25) is 23.6 Å². The van der Waals surface area contributed by atoms with E-state index in [9.17, 15) is 33.6 Å². The molecule has 18 heteroatoms. The molecule has 350 valence electrons. The molecule has 0 bridgehead atoms. The number of alkyl carbamates (subject to hydrolysis) is 1. The number of anilines is 1. The molecule has 1 saturated heterocycles. The number of aryl methyl sites for hydroxylation is 2. The summed E-state index contributed by atoms with van der Waals surface area (Å²) in [5, 5.41) is 10.5. The number of hydrogen-bond donors (Lipinski definition) is 4. The van der Waals surface area contributed by atoms with E-state index in [1.807, 2.05) is 42.5 Å². The fraction of sp³-hybridized carbons (Fsp3) is 0.468. The predicted molar refractivity (Wildman–Crippen MR) is 236 cm³/mol. The Bertz CT molecular complexity index is 2130. The van der Waals surface area contributed by atoms with Gasteiger partial charge < -0.3 is 44.4 Å². The third-order valence-electron chi connectivity index (χ3n) is 10.6. The van der Waals surface area contributed by atoms with Gasteiger partial charge in [0.1, 0.15) is 12.6 Å². The number of carbonyl (C=O) groups excluding carboxylic acids is 7. The number of nitrogens with zero attached hydrogens (tertiary/aromatic N) is 1. The summed E-state index contributed by atoms with van der Waals surface area (Å²) in [6.45, 7) is 2.72. The van der Waals surface area contributed by atoms with Crippen molar-refractivity contribution >= 4 is 47.2 Å². The summed E-state index contributed by atoms with van der Waals surface area (Å²) in [5.41, 5.74) is 3.47. The highest BCUT2D eigenvalue weighted by Gasteiger charge is 2.44. The lowest BCUT2D eigenvalue weighted by Gasteiger charge is -2.23. The molecule has 0 radical (unpaired) electrons.